The zero-order valence-electron chi connectivity index (χ0n) is 11.6. The molecule has 0 aromatic heterocycles. The predicted octanol–water partition coefficient (Wildman–Crippen LogP) is 4.24. The second-order valence-corrected chi connectivity index (χ2v) is 5.96. The molecule has 1 N–H and O–H groups in total. The molecule has 3 heteroatoms. The molecule has 0 heterocycles. The van der Waals surface area contributed by atoms with E-state index in [9.17, 15) is 0 Å². The van der Waals surface area contributed by atoms with Crippen LogP contribution in [0.1, 0.15) is 33.6 Å². The second kappa shape index (κ2) is 8.54. The van der Waals surface area contributed by atoms with E-state index in [2.05, 4.69) is 42.0 Å². The Morgan fingerprint density at radius 2 is 1.89 bits per heavy atom. The number of hydrogen-bond acceptors (Lipinski definition) is 2. The Morgan fingerprint density at radius 1 is 1.17 bits per heavy atom. The molecule has 18 heavy (non-hydrogen) atoms. The lowest BCUT2D eigenvalue weighted by Crippen LogP contribution is -2.30. The Balaban J connectivity index is 2.13. The maximum absolute atomic E-state index is 5.70. The molecular weight excluding hydrogens is 290 g/mol. The van der Waals surface area contributed by atoms with Gasteiger partial charge < -0.3 is 10.1 Å². The Labute approximate surface area is 119 Å². The van der Waals surface area contributed by atoms with Crippen LogP contribution in [-0.4, -0.2) is 19.2 Å². The topological polar surface area (TPSA) is 21.3 Å². The fourth-order valence-corrected chi connectivity index (χ4v) is 2.11. The molecule has 0 radical (unpaired) electrons. The van der Waals surface area contributed by atoms with Crippen molar-refractivity contribution in [3.8, 4) is 5.75 Å². The van der Waals surface area contributed by atoms with Crippen LogP contribution in [-0.2, 0) is 0 Å². The van der Waals surface area contributed by atoms with E-state index >= 15 is 0 Å². The average Bonchev–Trinajstić information content (AvgIpc) is 2.34. The van der Waals surface area contributed by atoms with Crippen LogP contribution >= 0.6 is 15.9 Å². The van der Waals surface area contributed by atoms with Crippen molar-refractivity contribution in [1.82, 2.24) is 5.32 Å². The van der Waals surface area contributed by atoms with Crippen molar-refractivity contribution in [3.63, 3.8) is 0 Å². The highest BCUT2D eigenvalue weighted by Gasteiger charge is 2.03. The summed E-state index contributed by atoms with van der Waals surface area (Å²) < 4.78 is 6.72. The van der Waals surface area contributed by atoms with Crippen LogP contribution in [0.2, 0.25) is 0 Å². The summed E-state index contributed by atoms with van der Waals surface area (Å²) in [5.74, 6) is 1.69. The first kappa shape index (κ1) is 15.5. The molecule has 0 saturated carbocycles. The summed E-state index contributed by atoms with van der Waals surface area (Å²) in [6, 6.07) is 8.51. The van der Waals surface area contributed by atoms with E-state index in [1.807, 2.05) is 24.3 Å². The highest BCUT2D eigenvalue weighted by molar-refractivity contribution is 9.10. The number of para-hydroxylation sites is 1. The third-order valence-corrected chi connectivity index (χ3v) is 3.52. The molecule has 2 nitrogen and oxygen atoms in total. The summed E-state index contributed by atoms with van der Waals surface area (Å²) in [4.78, 5) is 0. The summed E-state index contributed by atoms with van der Waals surface area (Å²) >= 11 is 3.47. The molecule has 0 amide bonds. The van der Waals surface area contributed by atoms with Crippen LogP contribution in [0, 0.1) is 5.92 Å². The minimum Gasteiger partial charge on any atom is -0.491 e. The third-order valence-electron chi connectivity index (χ3n) is 2.87. The van der Waals surface area contributed by atoms with Crippen LogP contribution < -0.4 is 10.1 Å². The SMILES string of the molecule is CC(C)CCC(C)NCCOc1ccccc1Br. The zero-order valence-corrected chi connectivity index (χ0v) is 13.2. The predicted molar refractivity (Wildman–Crippen MR) is 81.2 cm³/mol. The number of benzene rings is 1. The number of nitrogens with one attached hydrogen (secondary N) is 1. The van der Waals surface area contributed by atoms with Crippen LogP contribution in [0.4, 0.5) is 0 Å². The summed E-state index contributed by atoms with van der Waals surface area (Å²) in [5.41, 5.74) is 0. The first-order valence-electron chi connectivity index (χ1n) is 6.70. The third kappa shape index (κ3) is 6.41. The van der Waals surface area contributed by atoms with Crippen LogP contribution in [0.3, 0.4) is 0 Å². The smallest absolute Gasteiger partial charge is 0.133 e. The van der Waals surface area contributed by atoms with Crippen molar-refractivity contribution >= 4 is 15.9 Å². The fourth-order valence-electron chi connectivity index (χ4n) is 1.71. The molecule has 1 atom stereocenters. The molecule has 0 saturated heterocycles. The zero-order chi connectivity index (χ0) is 13.4. The van der Waals surface area contributed by atoms with E-state index in [0.29, 0.717) is 12.6 Å². The number of rotatable bonds is 8. The molecule has 0 aliphatic rings. The number of hydrogen-bond donors (Lipinski definition) is 1. The minimum atomic E-state index is 0.565. The molecule has 1 unspecified atom stereocenters. The van der Waals surface area contributed by atoms with Crippen molar-refractivity contribution in [2.45, 2.75) is 39.7 Å². The molecular formula is C15H24BrNO. The lowest BCUT2D eigenvalue weighted by atomic mass is 10.0. The molecule has 0 aliphatic heterocycles. The van der Waals surface area contributed by atoms with Gasteiger partial charge >= 0.3 is 0 Å². The van der Waals surface area contributed by atoms with Gasteiger partial charge in [0.25, 0.3) is 0 Å². The number of halogens is 1. The molecule has 1 aromatic carbocycles. The van der Waals surface area contributed by atoms with Crippen molar-refractivity contribution in [2.24, 2.45) is 5.92 Å². The Bertz CT molecular complexity index is 341. The lowest BCUT2D eigenvalue weighted by molar-refractivity contribution is 0.301. The first-order chi connectivity index (χ1) is 8.59. The first-order valence-corrected chi connectivity index (χ1v) is 7.49. The Morgan fingerprint density at radius 3 is 2.56 bits per heavy atom. The van der Waals surface area contributed by atoms with Gasteiger partial charge in [0, 0.05) is 12.6 Å². The fraction of sp³-hybridized carbons (Fsp3) is 0.600. The van der Waals surface area contributed by atoms with E-state index in [1.165, 1.54) is 12.8 Å². The maximum atomic E-state index is 5.70. The molecule has 0 aliphatic carbocycles. The summed E-state index contributed by atoms with van der Waals surface area (Å²) in [6.45, 7) is 8.36. The van der Waals surface area contributed by atoms with Crippen LogP contribution in [0.25, 0.3) is 0 Å². The van der Waals surface area contributed by atoms with E-state index in [1.54, 1.807) is 0 Å². The largest absolute Gasteiger partial charge is 0.491 e. The van der Waals surface area contributed by atoms with E-state index in [4.69, 9.17) is 4.74 Å². The van der Waals surface area contributed by atoms with Gasteiger partial charge in [-0.15, -0.1) is 0 Å². The van der Waals surface area contributed by atoms with Gasteiger partial charge in [-0.3, -0.25) is 0 Å². The minimum absolute atomic E-state index is 0.565. The summed E-state index contributed by atoms with van der Waals surface area (Å²) in [6.07, 6.45) is 2.51. The van der Waals surface area contributed by atoms with Crippen LogP contribution in [0.15, 0.2) is 28.7 Å². The quantitative estimate of drug-likeness (QED) is 0.725. The Kier molecular flexibility index (Phi) is 7.36. The highest BCUT2D eigenvalue weighted by Crippen LogP contribution is 2.23. The molecule has 0 fully saturated rings. The standard InChI is InChI=1S/C15H24BrNO/c1-12(2)8-9-13(3)17-10-11-18-15-7-5-4-6-14(15)16/h4-7,12-13,17H,8-11H2,1-3H3. The number of ether oxygens (including phenoxy) is 1. The van der Waals surface area contributed by atoms with Gasteiger partial charge in [0.15, 0.2) is 0 Å². The maximum Gasteiger partial charge on any atom is 0.133 e. The van der Waals surface area contributed by atoms with Gasteiger partial charge in [0.05, 0.1) is 4.47 Å². The highest BCUT2D eigenvalue weighted by atomic mass is 79.9. The molecule has 0 bridgehead atoms. The van der Waals surface area contributed by atoms with E-state index in [0.717, 1.165) is 22.7 Å². The molecule has 1 rings (SSSR count). The molecule has 102 valence electrons. The lowest BCUT2D eigenvalue weighted by Gasteiger charge is -2.15. The average molecular weight is 314 g/mol. The van der Waals surface area contributed by atoms with Gasteiger partial charge in [-0.05, 0) is 53.7 Å². The van der Waals surface area contributed by atoms with Crippen molar-refractivity contribution < 1.29 is 4.74 Å². The van der Waals surface area contributed by atoms with Crippen molar-refractivity contribution in [3.05, 3.63) is 28.7 Å². The van der Waals surface area contributed by atoms with Gasteiger partial charge in [0.1, 0.15) is 12.4 Å². The second-order valence-electron chi connectivity index (χ2n) is 5.11. The monoisotopic (exact) mass is 313 g/mol. The summed E-state index contributed by atoms with van der Waals surface area (Å²) in [5, 5.41) is 3.49. The van der Waals surface area contributed by atoms with Gasteiger partial charge in [-0.2, -0.15) is 0 Å². The molecule has 0 spiro atoms. The molecule has 1 aromatic rings. The summed E-state index contributed by atoms with van der Waals surface area (Å²) in [7, 11) is 0. The van der Waals surface area contributed by atoms with Gasteiger partial charge in [0.2, 0.25) is 0 Å². The normalized spacial score (nSPS) is 12.7. The van der Waals surface area contributed by atoms with Crippen LogP contribution in [0.5, 0.6) is 5.75 Å². The van der Waals surface area contributed by atoms with Crippen molar-refractivity contribution in [1.29, 1.82) is 0 Å². The van der Waals surface area contributed by atoms with Gasteiger partial charge in [-0.25, -0.2) is 0 Å². The van der Waals surface area contributed by atoms with E-state index in [-0.39, 0.29) is 0 Å². The van der Waals surface area contributed by atoms with Gasteiger partial charge in [-0.1, -0.05) is 26.0 Å². The van der Waals surface area contributed by atoms with Crippen molar-refractivity contribution in [2.75, 3.05) is 13.2 Å². The van der Waals surface area contributed by atoms with E-state index < -0.39 is 0 Å². The Hall–Kier alpha value is -0.540.